The van der Waals surface area contributed by atoms with Crippen LogP contribution in [-0.4, -0.2) is 18.4 Å². The largest absolute Gasteiger partial charge is 0.305 e. The maximum absolute atomic E-state index is 10.6. The zero-order valence-corrected chi connectivity index (χ0v) is 7.50. The molecule has 0 aliphatic carbocycles. The molecule has 0 aromatic heterocycles. The number of carbonyl (C=O) groups excluding carboxylic acids is 1. The second kappa shape index (κ2) is 3.35. The molecule has 1 rings (SSSR count). The third-order valence-electron chi connectivity index (χ3n) is 2.96. The number of hydrogen-bond donors (Lipinski definition) is 1. The maximum atomic E-state index is 10.6. The fraction of sp³-hybridized carbons (Fsp3) is 0.889. The van der Waals surface area contributed by atoms with Crippen LogP contribution in [0.2, 0.25) is 0 Å². The van der Waals surface area contributed by atoms with Crippen LogP contribution < -0.4 is 5.32 Å². The highest BCUT2D eigenvalue weighted by Crippen LogP contribution is 2.28. The zero-order chi connectivity index (χ0) is 8.43. The van der Waals surface area contributed by atoms with Crippen molar-refractivity contribution in [2.24, 2.45) is 11.8 Å². The Kier molecular flexibility index (Phi) is 2.66. The average molecular weight is 155 g/mol. The van der Waals surface area contributed by atoms with Crippen LogP contribution in [0.4, 0.5) is 0 Å². The fourth-order valence-corrected chi connectivity index (χ4v) is 2.19. The van der Waals surface area contributed by atoms with Crippen molar-refractivity contribution in [2.75, 3.05) is 0 Å². The summed E-state index contributed by atoms with van der Waals surface area (Å²) in [6.45, 7) is 6.50. The Balaban J connectivity index is 2.62. The summed E-state index contributed by atoms with van der Waals surface area (Å²) in [4.78, 5) is 10.6. The highest BCUT2D eigenvalue weighted by atomic mass is 16.1. The van der Waals surface area contributed by atoms with E-state index in [2.05, 4.69) is 26.1 Å². The van der Waals surface area contributed by atoms with E-state index in [0.29, 0.717) is 17.9 Å². The number of aldehydes is 1. The van der Waals surface area contributed by atoms with Crippen LogP contribution in [0.1, 0.15) is 27.2 Å². The second-order valence-corrected chi connectivity index (χ2v) is 3.55. The molecule has 1 heterocycles. The second-order valence-electron chi connectivity index (χ2n) is 3.55. The van der Waals surface area contributed by atoms with Gasteiger partial charge in [0.25, 0.3) is 0 Å². The SMILES string of the molecule is CCC1C(C)NC(C=O)C1C. The summed E-state index contributed by atoms with van der Waals surface area (Å²) in [5, 5.41) is 3.29. The molecule has 1 fully saturated rings. The van der Waals surface area contributed by atoms with Gasteiger partial charge in [0.15, 0.2) is 0 Å². The van der Waals surface area contributed by atoms with E-state index in [-0.39, 0.29) is 6.04 Å². The molecule has 2 nitrogen and oxygen atoms in total. The topological polar surface area (TPSA) is 29.1 Å². The molecule has 2 heteroatoms. The minimum absolute atomic E-state index is 0.0925. The van der Waals surface area contributed by atoms with Gasteiger partial charge in [0.2, 0.25) is 0 Å². The van der Waals surface area contributed by atoms with E-state index in [1.54, 1.807) is 0 Å². The van der Waals surface area contributed by atoms with E-state index in [1.807, 2.05) is 0 Å². The third-order valence-corrected chi connectivity index (χ3v) is 2.96. The Morgan fingerprint density at radius 3 is 2.36 bits per heavy atom. The van der Waals surface area contributed by atoms with Crippen LogP contribution >= 0.6 is 0 Å². The van der Waals surface area contributed by atoms with Crippen LogP contribution in [0.3, 0.4) is 0 Å². The predicted molar refractivity (Wildman–Crippen MR) is 45.4 cm³/mol. The first kappa shape index (κ1) is 8.72. The Hall–Kier alpha value is -0.370. The van der Waals surface area contributed by atoms with Crippen LogP contribution in [0.5, 0.6) is 0 Å². The van der Waals surface area contributed by atoms with Crippen LogP contribution in [0.25, 0.3) is 0 Å². The van der Waals surface area contributed by atoms with Gasteiger partial charge in [-0.1, -0.05) is 20.3 Å². The highest BCUT2D eigenvalue weighted by molar-refractivity contribution is 5.59. The quantitative estimate of drug-likeness (QED) is 0.607. The monoisotopic (exact) mass is 155 g/mol. The lowest BCUT2D eigenvalue weighted by molar-refractivity contribution is -0.110. The van der Waals surface area contributed by atoms with E-state index in [1.165, 1.54) is 6.42 Å². The van der Waals surface area contributed by atoms with Crippen molar-refractivity contribution in [3.8, 4) is 0 Å². The Labute approximate surface area is 68.4 Å². The lowest BCUT2D eigenvalue weighted by atomic mass is 9.87. The first-order chi connectivity index (χ1) is 5.20. The highest BCUT2D eigenvalue weighted by Gasteiger charge is 2.35. The van der Waals surface area contributed by atoms with Gasteiger partial charge in [0.1, 0.15) is 6.29 Å². The molecular formula is C9H17NO. The lowest BCUT2D eigenvalue weighted by Crippen LogP contribution is -2.30. The van der Waals surface area contributed by atoms with E-state index in [9.17, 15) is 4.79 Å². The molecule has 11 heavy (non-hydrogen) atoms. The molecule has 0 aromatic carbocycles. The van der Waals surface area contributed by atoms with Gasteiger partial charge in [-0.05, 0) is 18.8 Å². The predicted octanol–water partition coefficient (Wildman–Crippen LogP) is 1.21. The van der Waals surface area contributed by atoms with Crippen molar-refractivity contribution in [3.63, 3.8) is 0 Å². The van der Waals surface area contributed by atoms with E-state index < -0.39 is 0 Å². The number of hydrogen-bond acceptors (Lipinski definition) is 2. The molecule has 64 valence electrons. The summed E-state index contributed by atoms with van der Waals surface area (Å²) in [6.07, 6.45) is 2.20. The molecule has 0 radical (unpaired) electrons. The first-order valence-corrected chi connectivity index (χ1v) is 4.42. The van der Waals surface area contributed by atoms with Crippen LogP contribution in [0.15, 0.2) is 0 Å². The van der Waals surface area contributed by atoms with Crippen LogP contribution in [-0.2, 0) is 4.79 Å². The number of nitrogens with one attached hydrogen (secondary N) is 1. The summed E-state index contributed by atoms with van der Waals surface area (Å²) < 4.78 is 0. The minimum atomic E-state index is 0.0925. The standard InChI is InChI=1S/C9H17NO/c1-4-8-6(2)9(5-11)10-7(8)3/h5-10H,4H2,1-3H3. The van der Waals surface area contributed by atoms with Gasteiger partial charge >= 0.3 is 0 Å². The molecule has 1 aliphatic rings. The van der Waals surface area contributed by atoms with Crippen molar-refractivity contribution in [1.29, 1.82) is 0 Å². The van der Waals surface area contributed by atoms with Gasteiger partial charge in [-0.2, -0.15) is 0 Å². The van der Waals surface area contributed by atoms with Crippen molar-refractivity contribution in [3.05, 3.63) is 0 Å². The zero-order valence-electron chi connectivity index (χ0n) is 7.50. The van der Waals surface area contributed by atoms with Crippen molar-refractivity contribution < 1.29 is 4.79 Å². The minimum Gasteiger partial charge on any atom is -0.305 e. The van der Waals surface area contributed by atoms with Gasteiger partial charge in [-0.25, -0.2) is 0 Å². The lowest BCUT2D eigenvalue weighted by Gasteiger charge is -2.16. The van der Waals surface area contributed by atoms with Gasteiger partial charge in [-0.15, -0.1) is 0 Å². The van der Waals surface area contributed by atoms with E-state index >= 15 is 0 Å². The van der Waals surface area contributed by atoms with Gasteiger partial charge in [0.05, 0.1) is 6.04 Å². The van der Waals surface area contributed by atoms with Crippen molar-refractivity contribution in [2.45, 2.75) is 39.3 Å². The van der Waals surface area contributed by atoms with Gasteiger partial charge in [-0.3, -0.25) is 0 Å². The number of rotatable bonds is 2. The summed E-state index contributed by atoms with van der Waals surface area (Å²) in [5.74, 6) is 1.18. The molecule has 4 unspecified atom stereocenters. The maximum Gasteiger partial charge on any atom is 0.137 e. The molecule has 0 amide bonds. The molecule has 4 atom stereocenters. The smallest absolute Gasteiger partial charge is 0.137 e. The Morgan fingerprint density at radius 2 is 2.09 bits per heavy atom. The van der Waals surface area contributed by atoms with Gasteiger partial charge in [0, 0.05) is 6.04 Å². The molecule has 1 saturated heterocycles. The molecule has 1 N–H and O–H groups in total. The number of carbonyl (C=O) groups is 1. The summed E-state index contributed by atoms with van der Waals surface area (Å²) in [7, 11) is 0. The first-order valence-electron chi connectivity index (χ1n) is 4.42. The molecule has 0 saturated carbocycles. The average Bonchev–Trinajstić information content (AvgIpc) is 2.26. The van der Waals surface area contributed by atoms with E-state index in [0.717, 1.165) is 6.29 Å². The summed E-state index contributed by atoms with van der Waals surface area (Å²) >= 11 is 0. The van der Waals surface area contributed by atoms with Gasteiger partial charge < -0.3 is 10.1 Å². The molecule has 0 bridgehead atoms. The third kappa shape index (κ3) is 1.45. The van der Waals surface area contributed by atoms with Crippen LogP contribution in [0, 0.1) is 11.8 Å². The normalized spacial score (nSPS) is 44.3. The summed E-state index contributed by atoms with van der Waals surface area (Å²) in [5.41, 5.74) is 0. The molecule has 1 aliphatic heterocycles. The van der Waals surface area contributed by atoms with Crippen molar-refractivity contribution >= 4 is 6.29 Å². The Bertz CT molecular complexity index is 146. The molecule has 0 aromatic rings. The van der Waals surface area contributed by atoms with E-state index in [4.69, 9.17) is 0 Å². The molecular weight excluding hydrogens is 138 g/mol. The molecule has 0 spiro atoms. The fourth-order valence-electron chi connectivity index (χ4n) is 2.19. The summed E-state index contributed by atoms with van der Waals surface area (Å²) in [6, 6.07) is 0.597. The Morgan fingerprint density at radius 1 is 1.45 bits per heavy atom. The van der Waals surface area contributed by atoms with Crippen molar-refractivity contribution in [1.82, 2.24) is 5.32 Å².